The Morgan fingerprint density at radius 2 is 2.08 bits per heavy atom. The van der Waals surface area contributed by atoms with Crippen LogP contribution >= 0.6 is 0 Å². The van der Waals surface area contributed by atoms with Crippen LogP contribution in [0, 0.1) is 5.92 Å². The molecule has 0 aliphatic carbocycles. The predicted molar refractivity (Wildman–Crippen MR) is 37.6 cm³/mol. The van der Waals surface area contributed by atoms with E-state index >= 15 is 0 Å². The number of alkyl halides is 3. The summed E-state index contributed by atoms with van der Waals surface area (Å²) in [6, 6.07) is 0. The Balaban J connectivity index is 2.64. The highest BCUT2D eigenvalue weighted by Crippen LogP contribution is 2.36. The van der Waals surface area contributed by atoms with Crippen LogP contribution in [0.15, 0.2) is 0 Å². The molecule has 0 amide bonds. The second kappa shape index (κ2) is 3.22. The van der Waals surface area contributed by atoms with Crippen LogP contribution < -0.4 is 5.73 Å². The van der Waals surface area contributed by atoms with Crippen LogP contribution in [-0.4, -0.2) is 24.9 Å². The number of hydrogen-bond acceptors (Lipinski definition) is 2. The van der Waals surface area contributed by atoms with Crippen LogP contribution in [0.1, 0.15) is 13.3 Å². The molecule has 1 heterocycles. The molecule has 0 saturated carbocycles. The quantitative estimate of drug-likeness (QED) is 0.665. The highest BCUT2D eigenvalue weighted by Gasteiger charge is 2.49. The van der Waals surface area contributed by atoms with E-state index in [-0.39, 0.29) is 12.6 Å². The van der Waals surface area contributed by atoms with E-state index in [0.717, 1.165) is 0 Å². The third-order valence-electron chi connectivity index (χ3n) is 2.07. The first-order valence-corrected chi connectivity index (χ1v) is 3.87. The van der Waals surface area contributed by atoms with E-state index in [1.807, 2.05) is 0 Å². The SMILES string of the molecule is C[C@@H]1C[C@@H](CN)[C@H](C(F)(F)F)O1. The van der Waals surface area contributed by atoms with Crippen LogP contribution in [0.4, 0.5) is 13.2 Å². The van der Waals surface area contributed by atoms with E-state index < -0.39 is 18.2 Å². The first kappa shape index (κ1) is 9.80. The lowest BCUT2D eigenvalue weighted by molar-refractivity contribution is -0.222. The molecular formula is C7H12F3NO. The van der Waals surface area contributed by atoms with Gasteiger partial charge in [-0.1, -0.05) is 0 Å². The zero-order valence-electron chi connectivity index (χ0n) is 6.77. The lowest BCUT2D eigenvalue weighted by Crippen LogP contribution is -2.37. The summed E-state index contributed by atoms with van der Waals surface area (Å²) in [5.41, 5.74) is 5.20. The fourth-order valence-electron chi connectivity index (χ4n) is 1.53. The summed E-state index contributed by atoms with van der Waals surface area (Å²) in [5, 5.41) is 0. The lowest BCUT2D eigenvalue weighted by Gasteiger charge is -2.19. The standard InChI is InChI=1S/C7H12F3NO/c1-4-2-5(3-11)6(12-4)7(8,9)10/h4-6H,2-3,11H2,1H3/t4-,5+,6-/m1/s1. The smallest absolute Gasteiger partial charge is 0.365 e. The van der Waals surface area contributed by atoms with Crippen molar-refractivity contribution in [1.82, 2.24) is 0 Å². The molecule has 1 rings (SSSR count). The molecule has 0 bridgehead atoms. The maximum atomic E-state index is 12.2. The van der Waals surface area contributed by atoms with Gasteiger partial charge in [0.1, 0.15) is 0 Å². The highest BCUT2D eigenvalue weighted by atomic mass is 19.4. The molecule has 0 unspecified atom stereocenters. The zero-order valence-corrected chi connectivity index (χ0v) is 6.77. The van der Waals surface area contributed by atoms with E-state index in [2.05, 4.69) is 0 Å². The molecule has 5 heteroatoms. The molecule has 0 aromatic carbocycles. The van der Waals surface area contributed by atoms with Crippen molar-refractivity contribution in [2.75, 3.05) is 6.54 Å². The number of nitrogens with two attached hydrogens (primary N) is 1. The second-order valence-corrected chi connectivity index (χ2v) is 3.14. The summed E-state index contributed by atoms with van der Waals surface area (Å²) in [7, 11) is 0. The molecular weight excluding hydrogens is 171 g/mol. The Bertz CT molecular complexity index is 159. The summed E-state index contributed by atoms with van der Waals surface area (Å²) >= 11 is 0. The molecule has 0 aromatic rings. The van der Waals surface area contributed by atoms with Crippen molar-refractivity contribution in [3.05, 3.63) is 0 Å². The Morgan fingerprint density at radius 1 is 1.50 bits per heavy atom. The van der Waals surface area contributed by atoms with E-state index in [4.69, 9.17) is 10.5 Å². The fourth-order valence-corrected chi connectivity index (χ4v) is 1.53. The summed E-state index contributed by atoms with van der Waals surface area (Å²) in [6.45, 7) is 1.67. The van der Waals surface area contributed by atoms with E-state index in [1.54, 1.807) is 6.92 Å². The molecule has 0 radical (unpaired) electrons. The van der Waals surface area contributed by atoms with Gasteiger partial charge < -0.3 is 10.5 Å². The molecule has 3 atom stereocenters. The van der Waals surface area contributed by atoms with Gasteiger partial charge in [0.05, 0.1) is 6.10 Å². The molecule has 12 heavy (non-hydrogen) atoms. The van der Waals surface area contributed by atoms with Crippen LogP contribution in [-0.2, 0) is 4.74 Å². The van der Waals surface area contributed by atoms with E-state index in [9.17, 15) is 13.2 Å². The Kier molecular flexibility index (Phi) is 2.63. The zero-order chi connectivity index (χ0) is 9.35. The van der Waals surface area contributed by atoms with E-state index in [0.29, 0.717) is 6.42 Å². The van der Waals surface area contributed by atoms with Gasteiger partial charge in [-0.3, -0.25) is 0 Å². The third-order valence-corrected chi connectivity index (χ3v) is 2.07. The molecule has 1 saturated heterocycles. The maximum Gasteiger partial charge on any atom is 0.414 e. The largest absolute Gasteiger partial charge is 0.414 e. The van der Waals surface area contributed by atoms with Gasteiger partial charge in [0.15, 0.2) is 6.10 Å². The summed E-state index contributed by atoms with van der Waals surface area (Å²) in [4.78, 5) is 0. The van der Waals surface area contributed by atoms with Crippen LogP contribution in [0.5, 0.6) is 0 Å². The molecule has 1 aliphatic heterocycles. The molecule has 72 valence electrons. The van der Waals surface area contributed by atoms with Crippen LogP contribution in [0.25, 0.3) is 0 Å². The minimum Gasteiger partial charge on any atom is -0.365 e. The molecule has 1 aliphatic rings. The number of rotatable bonds is 1. The summed E-state index contributed by atoms with van der Waals surface area (Å²) in [6.07, 6.45) is -5.85. The van der Waals surface area contributed by atoms with Crippen molar-refractivity contribution in [3.63, 3.8) is 0 Å². The van der Waals surface area contributed by atoms with Gasteiger partial charge in [-0.05, 0) is 19.9 Å². The van der Waals surface area contributed by atoms with E-state index in [1.165, 1.54) is 0 Å². The first-order valence-electron chi connectivity index (χ1n) is 3.87. The molecule has 2 nitrogen and oxygen atoms in total. The Morgan fingerprint density at radius 3 is 2.42 bits per heavy atom. The lowest BCUT2D eigenvalue weighted by atomic mass is 10.00. The van der Waals surface area contributed by atoms with Crippen molar-refractivity contribution in [2.24, 2.45) is 11.7 Å². The number of hydrogen-bond donors (Lipinski definition) is 1. The second-order valence-electron chi connectivity index (χ2n) is 3.14. The van der Waals surface area contributed by atoms with Gasteiger partial charge in [-0.2, -0.15) is 13.2 Å². The predicted octanol–water partition coefficient (Wildman–Crippen LogP) is 1.30. The summed E-state index contributed by atoms with van der Waals surface area (Å²) < 4.78 is 41.3. The molecule has 1 fully saturated rings. The first-order chi connectivity index (χ1) is 5.45. The van der Waals surface area contributed by atoms with Crippen molar-refractivity contribution < 1.29 is 17.9 Å². The van der Waals surface area contributed by atoms with Crippen LogP contribution in [0.3, 0.4) is 0 Å². The van der Waals surface area contributed by atoms with Crippen LogP contribution in [0.2, 0.25) is 0 Å². The van der Waals surface area contributed by atoms with Gasteiger partial charge in [-0.25, -0.2) is 0 Å². The monoisotopic (exact) mass is 183 g/mol. The highest BCUT2D eigenvalue weighted by molar-refractivity contribution is 4.85. The summed E-state index contributed by atoms with van der Waals surface area (Å²) in [5.74, 6) is -0.569. The normalized spacial score (nSPS) is 37.2. The number of halogens is 3. The molecule has 0 aromatic heterocycles. The average molecular weight is 183 g/mol. The van der Waals surface area contributed by atoms with Gasteiger partial charge in [0.25, 0.3) is 0 Å². The molecule has 2 N–H and O–H groups in total. The minimum absolute atomic E-state index is 0.0362. The average Bonchev–Trinajstić information content (AvgIpc) is 2.29. The van der Waals surface area contributed by atoms with Crippen molar-refractivity contribution >= 4 is 0 Å². The van der Waals surface area contributed by atoms with Crippen molar-refractivity contribution in [2.45, 2.75) is 31.7 Å². The minimum atomic E-state index is -4.27. The topological polar surface area (TPSA) is 35.2 Å². The van der Waals surface area contributed by atoms with Crippen molar-refractivity contribution in [3.8, 4) is 0 Å². The van der Waals surface area contributed by atoms with Gasteiger partial charge >= 0.3 is 6.18 Å². The Hall–Kier alpha value is -0.290. The van der Waals surface area contributed by atoms with Crippen molar-refractivity contribution in [1.29, 1.82) is 0 Å². The molecule has 0 spiro atoms. The van der Waals surface area contributed by atoms with Gasteiger partial charge in [-0.15, -0.1) is 0 Å². The Labute approximate surface area is 68.9 Å². The maximum absolute atomic E-state index is 12.2. The third kappa shape index (κ3) is 1.90. The van der Waals surface area contributed by atoms with Gasteiger partial charge in [0.2, 0.25) is 0 Å². The fraction of sp³-hybridized carbons (Fsp3) is 1.00. The number of ether oxygens (including phenoxy) is 1. The van der Waals surface area contributed by atoms with Gasteiger partial charge in [0, 0.05) is 5.92 Å².